The van der Waals surface area contributed by atoms with Gasteiger partial charge in [0.1, 0.15) is 0 Å². The van der Waals surface area contributed by atoms with Crippen LogP contribution in [0.25, 0.3) is 0 Å². The Labute approximate surface area is 201 Å². The fraction of sp³-hybridized carbons (Fsp3) is 0. The molecule has 48 valence electrons. The van der Waals surface area contributed by atoms with Crippen LogP contribution in [0.5, 0.6) is 0 Å². The second kappa shape index (κ2) is 19.0. The van der Waals surface area contributed by atoms with Crippen LogP contribution in [-0.4, -0.2) is 22.2 Å². The van der Waals surface area contributed by atoms with Crippen LogP contribution in [0, 0.1) is 0 Å². The van der Waals surface area contributed by atoms with Gasteiger partial charge >= 0.3 is 166 Å². The van der Waals surface area contributed by atoms with Crippen LogP contribution in [-0.2, 0) is 26.7 Å². The molecule has 0 aliphatic carbocycles. The molecule has 2 N–H and O–H groups in total. The van der Waals surface area contributed by atoms with E-state index in [1.807, 2.05) is 0 Å². The third kappa shape index (κ3) is 22.8. The van der Waals surface area contributed by atoms with Crippen molar-refractivity contribution in [2.45, 2.75) is 0 Å². The molecule has 8 heteroatoms. The third-order valence-electron chi connectivity index (χ3n) is 0.183. The summed E-state index contributed by atoms with van der Waals surface area (Å²) in [6.07, 6.45) is 0. The minimum Gasteiger partial charge on any atom is -1.00 e. The molecule has 0 aliphatic rings. The summed E-state index contributed by atoms with van der Waals surface area (Å²) in [6, 6.07) is 0. The zero-order valence-corrected chi connectivity index (χ0v) is 16.5. The fourth-order valence-electron chi connectivity index (χ4n) is 0. The van der Waals surface area contributed by atoms with E-state index in [9.17, 15) is 0 Å². The summed E-state index contributed by atoms with van der Waals surface area (Å²) in [7, 11) is 0. The molecule has 0 atom stereocenters. The summed E-state index contributed by atoms with van der Waals surface area (Å²) in [5.41, 5.74) is 0. The van der Waals surface area contributed by atoms with Crippen molar-refractivity contribution >= 4 is 11.9 Å². The third-order valence-corrected chi connectivity index (χ3v) is 0.183. The van der Waals surface area contributed by atoms with Crippen molar-refractivity contribution in [3.8, 4) is 0 Å². The van der Waals surface area contributed by atoms with Gasteiger partial charge in [-0.25, -0.2) is 9.59 Å². The molecule has 0 fully saturated rings. The summed E-state index contributed by atoms with van der Waals surface area (Å²) < 4.78 is 0. The molecule has 0 saturated heterocycles. The second-order valence-electron chi connectivity index (χ2n) is 0.610. The number of carboxylic acids is 2. The average Bonchev–Trinajstić information content (AvgIpc) is 1.36. The van der Waals surface area contributed by atoms with Gasteiger partial charge in [0.2, 0.25) is 0 Å². The first-order chi connectivity index (χ1) is 2.64. The van der Waals surface area contributed by atoms with Gasteiger partial charge in [-0.1, -0.05) is 0 Å². The minimum absolute atomic E-state index is 0. The Morgan fingerprint density at radius 2 is 1.00 bits per heavy atom. The van der Waals surface area contributed by atoms with E-state index in [1.54, 1.807) is 0 Å². The molecule has 0 radical (unpaired) electrons. The maximum Gasteiger partial charge on any atom is 1.00 e. The first-order valence-electron chi connectivity index (χ1n) is 1.11. The number of rotatable bonds is 0. The molecule has 0 aromatic rings. The van der Waals surface area contributed by atoms with Crippen LogP contribution in [0.3, 0.4) is 0 Å². The SMILES string of the molecule is O=C(O)C(=O)O.[Fe].[H-].[H-].[H-].[K+].[K+].[K+]. The quantitative estimate of drug-likeness (QED) is 0.337. The molecule has 0 aliphatic heterocycles. The zero-order chi connectivity index (χ0) is 5.15. The minimum atomic E-state index is -1.82. The van der Waals surface area contributed by atoms with E-state index in [0.717, 1.165) is 0 Å². The Morgan fingerprint density at radius 3 is 1.00 bits per heavy atom. The van der Waals surface area contributed by atoms with E-state index < -0.39 is 11.9 Å². The maximum absolute atomic E-state index is 9.10. The van der Waals surface area contributed by atoms with E-state index in [0.29, 0.717) is 0 Å². The average molecular weight is 266 g/mol. The molecular weight excluding hydrogens is 261 g/mol. The van der Waals surface area contributed by atoms with Gasteiger partial charge in [-0.2, -0.15) is 0 Å². The van der Waals surface area contributed by atoms with Crippen LogP contribution in [0.2, 0.25) is 0 Å². The Balaban J connectivity index is -0.00000000595. The van der Waals surface area contributed by atoms with E-state index in [2.05, 4.69) is 0 Å². The topological polar surface area (TPSA) is 74.6 Å². The fourth-order valence-corrected chi connectivity index (χ4v) is 0. The summed E-state index contributed by atoms with van der Waals surface area (Å²) in [5.74, 6) is -3.65. The van der Waals surface area contributed by atoms with Crippen LogP contribution < -0.4 is 154 Å². The van der Waals surface area contributed by atoms with Gasteiger partial charge in [0.05, 0.1) is 0 Å². The van der Waals surface area contributed by atoms with Gasteiger partial charge < -0.3 is 14.5 Å². The molecule has 0 rings (SSSR count). The van der Waals surface area contributed by atoms with Gasteiger partial charge in [0.25, 0.3) is 0 Å². The Morgan fingerprint density at radius 1 is 0.900 bits per heavy atom. The molecule has 0 heterocycles. The normalized spacial score (nSPS) is 4.40. The van der Waals surface area contributed by atoms with Gasteiger partial charge in [-0.3, -0.25) is 0 Å². The smallest absolute Gasteiger partial charge is 1.00 e. The number of hydrogen-bond acceptors (Lipinski definition) is 2. The molecule has 0 bridgehead atoms. The summed E-state index contributed by atoms with van der Waals surface area (Å²) in [5, 5.41) is 14.8. The number of carbonyl (C=O) groups is 2. The Hall–Kier alpha value is 4.37. The van der Waals surface area contributed by atoms with Gasteiger partial charge in [0.15, 0.2) is 0 Å². The standard InChI is InChI=1S/C2H2O4.Fe.3K.3H/c3-1(4)2(5)6;;;;;;;/h(H,3,4)(H,5,6);;;;;;;/q;;3*+1;3*-1. The van der Waals surface area contributed by atoms with Crippen molar-refractivity contribution < 1.29 is 195 Å². The Bertz CT molecular complexity index is 94.6. The van der Waals surface area contributed by atoms with Gasteiger partial charge in [-0.05, 0) is 0 Å². The Kier molecular flexibility index (Phi) is 55.7. The van der Waals surface area contributed by atoms with E-state index in [4.69, 9.17) is 19.8 Å². The molecule has 0 unspecified atom stereocenters. The van der Waals surface area contributed by atoms with Crippen molar-refractivity contribution in [1.82, 2.24) is 0 Å². The first kappa shape index (κ1) is 29.3. The summed E-state index contributed by atoms with van der Waals surface area (Å²) in [4.78, 5) is 18.2. The monoisotopic (exact) mass is 266 g/mol. The van der Waals surface area contributed by atoms with Crippen molar-refractivity contribution in [3.05, 3.63) is 0 Å². The number of aliphatic carboxylic acids is 2. The molecule has 0 amide bonds. The van der Waals surface area contributed by atoms with E-state index in [-0.39, 0.29) is 176 Å². The van der Waals surface area contributed by atoms with Crippen LogP contribution in [0.15, 0.2) is 0 Å². The van der Waals surface area contributed by atoms with Crippen molar-refractivity contribution in [3.63, 3.8) is 0 Å². The molecule has 0 spiro atoms. The molecule has 4 nitrogen and oxygen atoms in total. The number of hydrogen-bond donors (Lipinski definition) is 2. The number of carboxylic acid groups (broad SMARTS) is 2. The van der Waals surface area contributed by atoms with Crippen LogP contribution in [0.4, 0.5) is 0 Å². The van der Waals surface area contributed by atoms with Crippen molar-refractivity contribution in [1.29, 1.82) is 0 Å². The van der Waals surface area contributed by atoms with Crippen molar-refractivity contribution in [2.24, 2.45) is 0 Å². The summed E-state index contributed by atoms with van der Waals surface area (Å²) in [6.45, 7) is 0. The molecule has 0 aromatic heterocycles. The van der Waals surface area contributed by atoms with Crippen LogP contribution in [0.1, 0.15) is 4.28 Å². The predicted octanol–water partition coefficient (Wildman–Crippen LogP) is -9.50. The first-order valence-corrected chi connectivity index (χ1v) is 1.11. The van der Waals surface area contributed by atoms with E-state index in [1.165, 1.54) is 0 Å². The maximum atomic E-state index is 9.10. The molecule has 0 saturated carbocycles. The molecular formula is C2H5FeK3O4. The molecule has 0 aromatic carbocycles. The van der Waals surface area contributed by atoms with E-state index >= 15 is 0 Å². The zero-order valence-electron chi connectivity index (χ0n) is 9.06. The van der Waals surface area contributed by atoms with Gasteiger partial charge in [-0.15, -0.1) is 0 Å². The largest absolute Gasteiger partial charge is 1.00 e. The van der Waals surface area contributed by atoms with Gasteiger partial charge in [0, 0.05) is 17.1 Å². The predicted molar refractivity (Wildman–Crippen MR) is 18.6 cm³/mol. The second-order valence-corrected chi connectivity index (χ2v) is 0.610. The molecule has 10 heavy (non-hydrogen) atoms. The van der Waals surface area contributed by atoms with Crippen LogP contribution >= 0.6 is 0 Å². The van der Waals surface area contributed by atoms with Crippen molar-refractivity contribution in [2.75, 3.05) is 0 Å². The summed E-state index contributed by atoms with van der Waals surface area (Å²) >= 11 is 0.